The SMILES string of the molecule is CCCCCCCC1CCC(CCc2ccc3c(F)c(C#Cc4ccc(C#N)c(F)c4)ccc3c2)CC1. The highest BCUT2D eigenvalue weighted by Crippen LogP contribution is 2.34. The van der Waals surface area contributed by atoms with Crippen LogP contribution in [0.3, 0.4) is 0 Å². The van der Waals surface area contributed by atoms with Gasteiger partial charge in [0, 0.05) is 10.9 Å². The van der Waals surface area contributed by atoms with E-state index >= 15 is 4.39 Å². The van der Waals surface area contributed by atoms with Crippen molar-refractivity contribution in [2.75, 3.05) is 0 Å². The van der Waals surface area contributed by atoms with Gasteiger partial charge in [0.15, 0.2) is 0 Å². The van der Waals surface area contributed by atoms with Gasteiger partial charge in [0.2, 0.25) is 0 Å². The predicted molar refractivity (Wildman–Crippen MR) is 148 cm³/mol. The lowest BCUT2D eigenvalue weighted by Gasteiger charge is -2.28. The molecule has 3 aromatic rings. The molecule has 3 heteroatoms. The second-order valence-corrected chi connectivity index (χ2v) is 10.7. The first-order valence-corrected chi connectivity index (χ1v) is 14.0. The maximum Gasteiger partial charge on any atom is 0.146 e. The van der Waals surface area contributed by atoms with Crippen molar-refractivity contribution >= 4 is 10.8 Å². The first kappa shape index (κ1) is 26.9. The van der Waals surface area contributed by atoms with E-state index in [0.717, 1.165) is 23.6 Å². The lowest BCUT2D eigenvalue weighted by molar-refractivity contribution is 0.249. The Bertz CT molecular complexity index is 1300. The van der Waals surface area contributed by atoms with Gasteiger partial charge in [0.1, 0.15) is 17.7 Å². The maximum atomic E-state index is 15.1. The van der Waals surface area contributed by atoms with Crippen molar-refractivity contribution < 1.29 is 8.78 Å². The largest absolute Gasteiger partial charge is 0.206 e. The molecule has 0 aliphatic heterocycles. The zero-order chi connectivity index (χ0) is 26.0. The number of rotatable bonds is 9. The minimum atomic E-state index is -0.619. The number of fused-ring (bicyclic) bond motifs is 1. The minimum Gasteiger partial charge on any atom is -0.206 e. The molecule has 1 aliphatic rings. The number of nitrogens with zero attached hydrogens (tertiary/aromatic N) is 1. The smallest absolute Gasteiger partial charge is 0.146 e. The molecule has 0 saturated heterocycles. The van der Waals surface area contributed by atoms with Gasteiger partial charge in [-0.1, -0.05) is 107 Å². The first-order chi connectivity index (χ1) is 18.1. The normalized spacial score (nSPS) is 17.2. The Morgan fingerprint density at radius 1 is 0.784 bits per heavy atom. The Balaban J connectivity index is 1.31. The molecule has 0 heterocycles. The summed E-state index contributed by atoms with van der Waals surface area (Å²) in [6.07, 6.45) is 16.1. The van der Waals surface area contributed by atoms with Crippen molar-refractivity contribution in [2.24, 2.45) is 11.8 Å². The Kier molecular flexibility index (Phi) is 9.73. The third-order valence-corrected chi connectivity index (χ3v) is 7.97. The zero-order valence-electron chi connectivity index (χ0n) is 22.0. The van der Waals surface area contributed by atoms with Gasteiger partial charge in [-0.3, -0.25) is 0 Å². The maximum absolute atomic E-state index is 15.1. The Hall–Kier alpha value is -3.17. The van der Waals surface area contributed by atoms with E-state index in [9.17, 15) is 4.39 Å². The number of hydrogen-bond acceptors (Lipinski definition) is 1. The average Bonchev–Trinajstić information content (AvgIpc) is 2.92. The molecule has 3 aromatic carbocycles. The average molecular weight is 498 g/mol. The molecule has 0 radical (unpaired) electrons. The van der Waals surface area contributed by atoms with E-state index in [1.54, 1.807) is 18.2 Å². The molecule has 1 saturated carbocycles. The topological polar surface area (TPSA) is 23.8 Å². The number of halogens is 2. The summed E-state index contributed by atoms with van der Waals surface area (Å²) in [5, 5.41) is 10.3. The summed E-state index contributed by atoms with van der Waals surface area (Å²) in [5.41, 5.74) is 1.93. The second kappa shape index (κ2) is 13.4. The van der Waals surface area contributed by atoms with Gasteiger partial charge >= 0.3 is 0 Å². The molecular formula is C34H37F2N. The molecule has 4 rings (SSSR count). The Morgan fingerprint density at radius 2 is 1.51 bits per heavy atom. The molecule has 0 N–H and O–H groups in total. The van der Waals surface area contributed by atoms with Crippen molar-refractivity contribution in [1.29, 1.82) is 5.26 Å². The van der Waals surface area contributed by atoms with Crippen LogP contribution >= 0.6 is 0 Å². The number of aryl methyl sites for hydroxylation is 1. The summed E-state index contributed by atoms with van der Waals surface area (Å²) in [6, 6.07) is 15.6. The van der Waals surface area contributed by atoms with Gasteiger partial charge in [-0.25, -0.2) is 8.78 Å². The van der Waals surface area contributed by atoms with E-state index in [1.165, 1.54) is 88.3 Å². The highest BCUT2D eigenvalue weighted by Gasteiger charge is 2.20. The molecule has 1 aliphatic carbocycles. The van der Waals surface area contributed by atoms with Crippen molar-refractivity contribution in [3.05, 3.63) is 82.4 Å². The van der Waals surface area contributed by atoms with Crippen LogP contribution in [-0.4, -0.2) is 0 Å². The van der Waals surface area contributed by atoms with Crippen molar-refractivity contribution in [1.82, 2.24) is 0 Å². The van der Waals surface area contributed by atoms with Gasteiger partial charge in [0.25, 0.3) is 0 Å². The van der Waals surface area contributed by atoms with E-state index in [0.29, 0.717) is 10.9 Å². The van der Waals surface area contributed by atoms with E-state index in [4.69, 9.17) is 5.26 Å². The van der Waals surface area contributed by atoms with E-state index < -0.39 is 5.82 Å². The lowest BCUT2D eigenvalue weighted by atomic mass is 9.77. The molecular weight excluding hydrogens is 460 g/mol. The zero-order valence-corrected chi connectivity index (χ0v) is 22.0. The number of hydrogen-bond donors (Lipinski definition) is 0. The van der Waals surface area contributed by atoms with Crippen molar-refractivity contribution in [3.8, 4) is 17.9 Å². The third-order valence-electron chi connectivity index (χ3n) is 7.97. The summed E-state index contributed by atoms with van der Waals surface area (Å²) in [4.78, 5) is 0. The van der Waals surface area contributed by atoms with Gasteiger partial charge in [0.05, 0.1) is 11.1 Å². The molecule has 0 spiro atoms. The van der Waals surface area contributed by atoms with Crippen molar-refractivity contribution in [3.63, 3.8) is 0 Å². The van der Waals surface area contributed by atoms with Crippen LogP contribution in [0.1, 0.15) is 99.8 Å². The summed E-state index contributed by atoms with van der Waals surface area (Å²) >= 11 is 0. The fourth-order valence-corrected chi connectivity index (χ4v) is 5.63. The monoisotopic (exact) mass is 497 g/mol. The van der Waals surface area contributed by atoms with Crippen LogP contribution in [0, 0.1) is 46.6 Å². The summed E-state index contributed by atoms with van der Waals surface area (Å²) < 4.78 is 29.0. The third kappa shape index (κ3) is 7.42. The van der Waals surface area contributed by atoms with Crippen LogP contribution < -0.4 is 0 Å². The van der Waals surface area contributed by atoms with E-state index in [-0.39, 0.29) is 16.9 Å². The number of nitriles is 1. The number of unbranched alkanes of at least 4 members (excludes halogenated alkanes) is 4. The van der Waals surface area contributed by atoms with E-state index in [1.807, 2.05) is 18.2 Å². The van der Waals surface area contributed by atoms with Crippen LogP contribution in [0.15, 0.2) is 48.5 Å². The Morgan fingerprint density at radius 3 is 2.24 bits per heavy atom. The highest BCUT2D eigenvalue weighted by molar-refractivity contribution is 5.85. The molecule has 0 atom stereocenters. The molecule has 192 valence electrons. The van der Waals surface area contributed by atoms with Gasteiger partial charge < -0.3 is 0 Å². The fourth-order valence-electron chi connectivity index (χ4n) is 5.63. The molecule has 0 amide bonds. The minimum absolute atomic E-state index is 0.0286. The molecule has 1 fully saturated rings. The lowest BCUT2D eigenvalue weighted by Crippen LogP contribution is -2.15. The van der Waals surface area contributed by atoms with Gasteiger partial charge in [-0.15, -0.1) is 0 Å². The standard InChI is InChI=1S/C34H37F2N/c1-2-3-4-5-6-7-25-8-10-26(11-9-25)12-13-27-16-21-32-30(22-27)20-19-29(34(32)36)17-14-28-15-18-31(24-37)33(35)23-28/h15-16,18-23,25-26H,2-13H2,1H3. The summed E-state index contributed by atoms with van der Waals surface area (Å²) in [7, 11) is 0. The van der Waals surface area contributed by atoms with Crippen LogP contribution in [0.4, 0.5) is 8.78 Å². The first-order valence-electron chi connectivity index (χ1n) is 14.0. The molecule has 37 heavy (non-hydrogen) atoms. The van der Waals surface area contributed by atoms with Crippen LogP contribution in [0.5, 0.6) is 0 Å². The van der Waals surface area contributed by atoms with Crippen LogP contribution in [0.2, 0.25) is 0 Å². The van der Waals surface area contributed by atoms with Crippen LogP contribution in [0.25, 0.3) is 10.8 Å². The molecule has 0 aromatic heterocycles. The fraction of sp³-hybridized carbons (Fsp3) is 0.441. The second-order valence-electron chi connectivity index (χ2n) is 10.7. The Labute approximate surface area is 220 Å². The molecule has 0 unspecified atom stereocenters. The molecule has 1 nitrogen and oxygen atoms in total. The van der Waals surface area contributed by atoms with Gasteiger partial charge in [-0.05, 0) is 59.9 Å². The number of benzene rings is 3. The summed E-state index contributed by atoms with van der Waals surface area (Å²) in [6.45, 7) is 2.27. The molecule has 0 bridgehead atoms. The van der Waals surface area contributed by atoms with E-state index in [2.05, 4.69) is 24.8 Å². The van der Waals surface area contributed by atoms with Gasteiger partial charge in [-0.2, -0.15) is 5.26 Å². The van der Waals surface area contributed by atoms with Crippen molar-refractivity contribution in [2.45, 2.75) is 84.0 Å². The van der Waals surface area contributed by atoms with Crippen LogP contribution in [-0.2, 0) is 6.42 Å². The quantitative estimate of drug-likeness (QED) is 0.213. The highest BCUT2D eigenvalue weighted by atomic mass is 19.1. The summed E-state index contributed by atoms with van der Waals surface area (Å²) in [5.74, 6) is 6.41. The predicted octanol–water partition coefficient (Wildman–Crippen LogP) is 9.49.